The number of nitrogens with one attached hydrogen (secondary N) is 1. The highest BCUT2D eigenvalue weighted by molar-refractivity contribution is 5.85. The van der Waals surface area contributed by atoms with Gasteiger partial charge in [-0.15, -0.1) is 12.4 Å². The fourth-order valence-corrected chi connectivity index (χ4v) is 2.10. The van der Waals surface area contributed by atoms with E-state index in [2.05, 4.69) is 11.4 Å². The van der Waals surface area contributed by atoms with Crippen LogP contribution in [0.5, 0.6) is 5.75 Å². The predicted molar refractivity (Wildman–Crippen MR) is 64.7 cm³/mol. The van der Waals surface area contributed by atoms with Crippen LogP contribution in [0.15, 0.2) is 24.3 Å². The summed E-state index contributed by atoms with van der Waals surface area (Å²) in [6.07, 6.45) is 3.63. The molecule has 0 aliphatic carbocycles. The van der Waals surface area contributed by atoms with Crippen molar-refractivity contribution in [3.63, 3.8) is 0 Å². The summed E-state index contributed by atoms with van der Waals surface area (Å²) >= 11 is 0. The van der Waals surface area contributed by atoms with Crippen molar-refractivity contribution in [3.05, 3.63) is 29.8 Å². The number of benzene rings is 1. The van der Waals surface area contributed by atoms with E-state index in [4.69, 9.17) is 0 Å². The largest absolute Gasteiger partial charge is 0.508 e. The summed E-state index contributed by atoms with van der Waals surface area (Å²) in [6, 6.07) is 7.63. The Kier molecular flexibility index (Phi) is 4.92. The second kappa shape index (κ2) is 5.99. The quantitative estimate of drug-likeness (QED) is 0.813. The van der Waals surface area contributed by atoms with E-state index in [0.29, 0.717) is 5.75 Å². The van der Waals surface area contributed by atoms with Gasteiger partial charge in [0.05, 0.1) is 0 Å². The molecule has 3 heteroatoms. The van der Waals surface area contributed by atoms with Crippen molar-refractivity contribution in [3.8, 4) is 5.75 Å². The predicted octanol–water partition coefficient (Wildman–Crippen LogP) is 2.36. The maximum atomic E-state index is 9.33. The summed E-state index contributed by atoms with van der Waals surface area (Å²) in [7, 11) is 0. The highest BCUT2D eigenvalue weighted by atomic mass is 35.5. The van der Waals surface area contributed by atoms with Gasteiger partial charge in [0.2, 0.25) is 0 Å². The van der Waals surface area contributed by atoms with Crippen LogP contribution in [0, 0.1) is 5.92 Å². The maximum Gasteiger partial charge on any atom is 0.115 e. The van der Waals surface area contributed by atoms with Crippen LogP contribution < -0.4 is 5.32 Å². The van der Waals surface area contributed by atoms with Crippen molar-refractivity contribution in [2.24, 2.45) is 5.92 Å². The standard InChI is InChI=1S/C12H17NO.ClH/c14-12-3-1-2-11(9-12)8-10-4-6-13-7-5-10;/h1-3,9-10,13-14H,4-8H2;1H. The molecule has 1 aliphatic heterocycles. The molecule has 2 N–H and O–H groups in total. The Labute approximate surface area is 97.1 Å². The minimum absolute atomic E-state index is 0. The highest BCUT2D eigenvalue weighted by Gasteiger charge is 2.13. The fourth-order valence-electron chi connectivity index (χ4n) is 2.10. The van der Waals surface area contributed by atoms with E-state index in [1.807, 2.05) is 12.1 Å². The summed E-state index contributed by atoms with van der Waals surface area (Å²) in [4.78, 5) is 0. The first-order valence-corrected chi connectivity index (χ1v) is 5.33. The molecule has 0 atom stereocenters. The average molecular weight is 228 g/mol. The Morgan fingerprint density at radius 1 is 1.27 bits per heavy atom. The molecule has 1 heterocycles. The van der Waals surface area contributed by atoms with E-state index in [1.165, 1.54) is 18.4 Å². The number of piperidine rings is 1. The zero-order valence-corrected chi connectivity index (χ0v) is 9.59. The Morgan fingerprint density at radius 2 is 2.00 bits per heavy atom. The molecule has 1 fully saturated rings. The molecule has 0 saturated carbocycles. The van der Waals surface area contributed by atoms with E-state index in [-0.39, 0.29) is 12.4 Å². The molecule has 1 aromatic carbocycles. The van der Waals surface area contributed by atoms with Crippen molar-refractivity contribution < 1.29 is 5.11 Å². The molecule has 15 heavy (non-hydrogen) atoms. The SMILES string of the molecule is Cl.Oc1cccc(CC2CCNCC2)c1. The van der Waals surface area contributed by atoms with Gasteiger partial charge < -0.3 is 10.4 Å². The third-order valence-electron chi connectivity index (χ3n) is 2.89. The van der Waals surface area contributed by atoms with Gasteiger partial charge in [0.25, 0.3) is 0 Å². The van der Waals surface area contributed by atoms with Crippen LogP contribution in [0.4, 0.5) is 0 Å². The highest BCUT2D eigenvalue weighted by Crippen LogP contribution is 2.20. The summed E-state index contributed by atoms with van der Waals surface area (Å²) in [5.74, 6) is 1.18. The van der Waals surface area contributed by atoms with Crippen LogP contribution in [0.2, 0.25) is 0 Å². The van der Waals surface area contributed by atoms with E-state index < -0.39 is 0 Å². The lowest BCUT2D eigenvalue weighted by Gasteiger charge is -2.22. The van der Waals surface area contributed by atoms with Gasteiger partial charge in [-0.2, -0.15) is 0 Å². The van der Waals surface area contributed by atoms with Crippen LogP contribution in [0.1, 0.15) is 18.4 Å². The summed E-state index contributed by atoms with van der Waals surface area (Å²) in [6.45, 7) is 2.28. The number of rotatable bonds is 2. The molecule has 0 amide bonds. The molecule has 0 spiro atoms. The molecule has 0 aromatic heterocycles. The first-order chi connectivity index (χ1) is 6.84. The third kappa shape index (κ3) is 3.73. The fraction of sp³-hybridized carbons (Fsp3) is 0.500. The van der Waals surface area contributed by atoms with Crippen molar-refractivity contribution in [1.82, 2.24) is 5.32 Å². The Hall–Kier alpha value is -0.730. The first-order valence-electron chi connectivity index (χ1n) is 5.33. The molecule has 2 rings (SSSR count). The molecule has 0 radical (unpaired) electrons. The molecule has 0 bridgehead atoms. The van der Waals surface area contributed by atoms with Gasteiger partial charge in [-0.05, 0) is 56.0 Å². The second-order valence-electron chi connectivity index (χ2n) is 4.07. The molecule has 2 nitrogen and oxygen atoms in total. The lowest BCUT2D eigenvalue weighted by molar-refractivity contribution is 0.372. The van der Waals surface area contributed by atoms with Crippen LogP contribution >= 0.6 is 12.4 Å². The molecule has 1 aliphatic rings. The first kappa shape index (κ1) is 12.3. The van der Waals surface area contributed by atoms with E-state index in [9.17, 15) is 5.11 Å². The van der Waals surface area contributed by atoms with Gasteiger partial charge in [0, 0.05) is 0 Å². The molecule has 1 saturated heterocycles. The van der Waals surface area contributed by atoms with Gasteiger partial charge >= 0.3 is 0 Å². The molecule has 1 aromatic rings. The summed E-state index contributed by atoms with van der Waals surface area (Å²) < 4.78 is 0. The van der Waals surface area contributed by atoms with Crippen LogP contribution in [-0.2, 0) is 6.42 Å². The van der Waals surface area contributed by atoms with Crippen LogP contribution in [-0.4, -0.2) is 18.2 Å². The molecular weight excluding hydrogens is 210 g/mol. The number of hydrogen-bond acceptors (Lipinski definition) is 2. The van der Waals surface area contributed by atoms with Gasteiger partial charge in [-0.25, -0.2) is 0 Å². The van der Waals surface area contributed by atoms with Crippen molar-refractivity contribution in [1.29, 1.82) is 0 Å². The van der Waals surface area contributed by atoms with Crippen molar-refractivity contribution in [2.75, 3.05) is 13.1 Å². The zero-order chi connectivity index (χ0) is 9.80. The van der Waals surface area contributed by atoms with Crippen LogP contribution in [0.3, 0.4) is 0 Å². The third-order valence-corrected chi connectivity index (χ3v) is 2.89. The Bertz CT molecular complexity index is 297. The number of phenolic OH excluding ortho intramolecular Hbond substituents is 1. The van der Waals surface area contributed by atoms with Gasteiger partial charge in [0.1, 0.15) is 5.75 Å². The molecule has 0 unspecified atom stereocenters. The number of phenols is 1. The normalized spacial score (nSPS) is 17.1. The van der Waals surface area contributed by atoms with E-state index in [0.717, 1.165) is 25.4 Å². The summed E-state index contributed by atoms with van der Waals surface area (Å²) in [5, 5.41) is 12.7. The number of hydrogen-bond donors (Lipinski definition) is 2. The van der Waals surface area contributed by atoms with E-state index in [1.54, 1.807) is 6.07 Å². The van der Waals surface area contributed by atoms with Gasteiger partial charge in [-0.1, -0.05) is 12.1 Å². The maximum absolute atomic E-state index is 9.33. The van der Waals surface area contributed by atoms with Crippen molar-refractivity contribution in [2.45, 2.75) is 19.3 Å². The molecule has 84 valence electrons. The minimum Gasteiger partial charge on any atom is -0.508 e. The number of aromatic hydroxyl groups is 1. The van der Waals surface area contributed by atoms with Gasteiger partial charge in [0.15, 0.2) is 0 Å². The number of halogens is 1. The lowest BCUT2D eigenvalue weighted by atomic mass is 9.91. The second-order valence-corrected chi connectivity index (χ2v) is 4.07. The van der Waals surface area contributed by atoms with Crippen LogP contribution in [0.25, 0.3) is 0 Å². The monoisotopic (exact) mass is 227 g/mol. The Morgan fingerprint density at radius 3 is 2.67 bits per heavy atom. The zero-order valence-electron chi connectivity index (χ0n) is 8.78. The van der Waals surface area contributed by atoms with Crippen molar-refractivity contribution >= 4 is 12.4 Å². The topological polar surface area (TPSA) is 32.3 Å². The molecular formula is C12H18ClNO. The summed E-state index contributed by atoms with van der Waals surface area (Å²) in [5.41, 5.74) is 1.26. The minimum atomic E-state index is 0. The lowest BCUT2D eigenvalue weighted by Crippen LogP contribution is -2.28. The smallest absolute Gasteiger partial charge is 0.115 e. The van der Waals surface area contributed by atoms with E-state index >= 15 is 0 Å². The van der Waals surface area contributed by atoms with Gasteiger partial charge in [-0.3, -0.25) is 0 Å². The Balaban J connectivity index is 0.00000112. The average Bonchev–Trinajstić information content (AvgIpc) is 2.19.